The zero-order valence-electron chi connectivity index (χ0n) is 12.1. The first-order valence-electron chi connectivity index (χ1n) is 7.87. The van der Waals surface area contributed by atoms with Crippen LogP contribution in [0.25, 0.3) is 10.9 Å². The molecule has 2 saturated carbocycles. The molecule has 106 valence electrons. The fourth-order valence-corrected chi connectivity index (χ4v) is 3.84. The third-order valence-electron chi connectivity index (χ3n) is 5.19. The van der Waals surface area contributed by atoms with Crippen molar-refractivity contribution in [3.63, 3.8) is 0 Å². The Morgan fingerprint density at radius 3 is 2.81 bits per heavy atom. The van der Waals surface area contributed by atoms with E-state index in [1.807, 2.05) is 30.3 Å². The average Bonchev–Trinajstić information content (AvgIpc) is 3.18. The van der Waals surface area contributed by atoms with Crippen LogP contribution in [0, 0.1) is 16.7 Å². The summed E-state index contributed by atoms with van der Waals surface area (Å²) in [4.78, 5) is 4.67. The van der Waals surface area contributed by atoms with Crippen LogP contribution in [0.1, 0.15) is 44.1 Å². The fraction of sp³-hybridized carbons (Fsp3) is 0.444. The highest BCUT2D eigenvalue weighted by Gasteiger charge is 2.54. The Balaban J connectivity index is 1.63. The molecule has 2 aliphatic carbocycles. The van der Waals surface area contributed by atoms with Crippen molar-refractivity contribution in [1.29, 1.82) is 5.26 Å². The van der Waals surface area contributed by atoms with Gasteiger partial charge in [-0.3, -0.25) is 0 Å². The molecule has 1 unspecified atom stereocenters. The number of pyridine rings is 1. The zero-order chi connectivity index (χ0) is 14.3. The number of nitrogens with zero attached hydrogens (tertiary/aromatic N) is 2. The maximum Gasteiger partial charge on any atom is 0.144 e. The van der Waals surface area contributed by atoms with Crippen LogP contribution in [0.5, 0.6) is 0 Å². The Labute approximate surface area is 125 Å². The van der Waals surface area contributed by atoms with Crippen molar-refractivity contribution in [3.05, 3.63) is 35.9 Å². The lowest BCUT2D eigenvalue weighted by Gasteiger charge is -2.22. The fourth-order valence-electron chi connectivity index (χ4n) is 3.84. The molecule has 1 N–H and O–H groups in total. The van der Waals surface area contributed by atoms with E-state index >= 15 is 0 Å². The molecule has 0 saturated heterocycles. The standard InChI is InChI=1S/C18H19N3/c19-12-14-10-13-6-2-3-7-15(13)20-17(14)21-16-11-18(16)8-4-1-5-9-18/h2-3,6-7,10,16H,1,4-5,8-9,11H2,(H,20,21). The lowest BCUT2D eigenvalue weighted by Crippen LogP contribution is -2.18. The summed E-state index contributed by atoms with van der Waals surface area (Å²) >= 11 is 0. The molecule has 2 aromatic rings. The average molecular weight is 277 g/mol. The Hall–Kier alpha value is -2.08. The number of hydrogen-bond acceptors (Lipinski definition) is 3. The van der Waals surface area contributed by atoms with Crippen LogP contribution in [0.4, 0.5) is 5.82 Å². The van der Waals surface area contributed by atoms with Crippen LogP contribution in [0.2, 0.25) is 0 Å². The summed E-state index contributed by atoms with van der Waals surface area (Å²) < 4.78 is 0. The Morgan fingerprint density at radius 2 is 2.00 bits per heavy atom. The van der Waals surface area contributed by atoms with Crippen molar-refractivity contribution >= 4 is 16.7 Å². The number of para-hydroxylation sites is 1. The van der Waals surface area contributed by atoms with Crippen LogP contribution in [-0.4, -0.2) is 11.0 Å². The van der Waals surface area contributed by atoms with Gasteiger partial charge >= 0.3 is 0 Å². The molecule has 0 bridgehead atoms. The minimum absolute atomic E-state index is 0.498. The van der Waals surface area contributed by atoms with Gasteiger partial charge in [-0.05, 0) is 36.8 Å². The summed E-state index contributed by atoms with van der Waals surface area (Å²) in [6, 6.07) is 12.7. The molecule has 3 heteroatoms. The SMILES string of the molecule is N#Cc1cc2ccccc2nc1NC1CC12CCCCC2. The highest BCUT2D eigenvalue weighted by Crippen LogP contribution is 2.57. The summed E-state index contributed by atoms with van der Waals surface area (Å²) in [6.07, 6.45) is 8.00. The van der Waals surface area contributed by atoms with Crippen molar-refractivity contribution in [3.8, 4) is 6.07 Å². The number of anilines is 1. The van der Waals surface area contributed by atoms with Crippen molar-refractivity contribution < 1.29 is 0 Å². The Bertz CT molecular complexity index is 723. The van der Waals surface area contributed by atoms with Gasteiger partial charge in [0.15, 0.2) is 0 Å². The summed E-state index contributed by atoms with van der Waals surface area (Å²) in [7, 11) is 0. The third-order valence-corrected chi connectivity index (χ3v) is 5.19. The highest BCUT2D eigenvalue weighted by molar-refractivity contribution is 5.82. The van der Waals surface area contributed by atoms with Crippen LogP contribution in [0.3, 0.4) is 0 Å². The van der Waals surface area contributed by atoms with E-state index in [0.29, 0.717) is 17.0 Å². The quantitative estimate of drug-likeness (QED) is 0.893. The van der Waals surface area contributed by atoms with Gasteiger partial charge in [0.05, 0.1) is 11.1 Å². The number of rotatable bonds is 2. The highest BCUT2D eigenvalue weighted by atomic mass is 15.1. The number of nitriles is 1. The van der Waals surface area contributed by atoms with E-state index < -0.39 is 0 Å². The molecule has 3 nitrogen and oxygen atoms in total. The third kappa shape index (κ3) is 2.15. The predicted molar refractivity (Wildman–Crippen MR) is 84.0 cm³/mol. The molecule has 2 fully saturated rings. The van der Waals surface area contributed by atoms with Crippen molar-refractivity contribution in [2.75, 3.05) is 5.32 Å². The smallest absolute Gasteiger partial charge is 0.144 e. The molecule has 1 spiro atoms. The van der Waals surface area contributed by atoms with Gasteiger partial charge in [0.2, 0.25) is 0 Å². The molecule has 2 aliphatic rings. The van der Waals surface area contributed by atoms with Crippen molar-refractivity contribution in [1.82, 2.24) is 4.98 Å². The minimum atomic E-state index is 0.498. The number of aromatic nitrogens is 1. The van der Waals surface area contributed by atoms with Gasteiger partial charge in [0.25, 0.3) is 0 Å². The summed E-state index contributed by atoms with van der Waals surface area (Å²) in [5.74, 6) is 0.767. The zero-order valence-corrected chi connectivity index (χ0v) is 12.1. The van der Waals surface area contributed by atoms with Crippen LogP contribution in [-0.2, 0) is 0 Å². The van der Waals surface area contributed by atoms with Crippen LogP contribution >= 0.6 is 0 Å². The van der Waals surface area contributed by atoms with E-state index in [-0.39, 0.29) is 0 Å². The molecule has 1 aromatic carbocycles. The number of hydrogen-bond donors (Lipinski definition) is 1. The van der Waals surface area contributed by atoms with E-state index in [9.17, 15) is 5.26 Å². The van der Waals surface area contributed by atoms with Crippen molar-refractivity contribution in [2.45, 2.75) is 44.6 Å². The van der Waals surface area contributed by atoms with E-state index in [1.165, 1.54) is 38.5 Å². The molecule has 1 aromatic heterocycles. The summed E-state index contributed by atoms with van der Waals surface area (Å²) in [5, 5.41) is 14.0. The molecule has 1 atom stereocenters. The van der Waals surface area contributed by atoms with Gasteiger partial charge in [-0.15, -0.1) is 0 Å². The largest absolute Gasteiger partial charge is 0.366 e. The first kappa shape index (κ1) is 12.6. The maximum atomic E-state index is 9.38. The van der Waals surface area contributed by atoms with Gasteiger partial charge in [-0.25, -0.2) is 4.98 Å². The predicted octanol–water partition coefficient (Wildman–Crippen LogP) is 4.24. The second-order valence-corrected chi connectivity index (χ2v) is 6.51. The number of fused-ring (bicyclic) bond motifs is 1. The van der Waals surface area contributed by atoms with E-state index in [2.05, 4.69) is 16.4 Å². The van der Waals surface area contributed by atoms with E-state index in [1.54, 1.807) is 0 Å². The monoisotopic (exact) mass is 277 g/mol. The molecule has 0 amide bonds. The summed E-state index contributed by atoms with van der Waals surface area (Å²) in [5.41, 5.74) is 2.11. The number of benzene rings is 1. The Kier molecular flexibility index (Phi) is 2.85. The molecule has 4 rings (SSSR count). The maximum absolute atomic E-state index is 9.38. The number of nitrogens with one attached hydrogen (secondary N) is 1. The van der Waals surface area contributed by atoms with E-state index in [4.69, 9.17) is 0 Å². The molecule has 0 aliphatic heterocycles. The summed E-state index contributed by atoms with van der Waals surface area (Å²) in [6.45, 7) is 0. The first-order chi connectivity index (χ1) is 10.3. The van der Waals surface area contributed by atoms with Gasteiger partial charge in [0, 0.05) is 11.4 Å². The molecular weight excluding hydrogens is 258 g/mol. The van der Waals surface area contributed by atoms with Gasteiger partial charge < -0.3 is 5.32 Å². The topological polar surface area (TPSA) is 48.7 Å². The van der Waals surface area contributed by atoms with Gasteiger partial charge in [0.1, 0.15) is 11.9 Å². The van der Waals surface area contributed by atoms with Gasteiger partial charge in [-0.2, -0.15) is 5.26 Å². The van der Waals surface area contributed by atoms with E-state index in [0.717, 1.165) is 16.7 Å². The lowest BCUT2D eigenvalue weighted by atomic mass is 9.86. The van der Waals surface area contributed by atoms with Crippen LogP contribution < -0.4 is 5.32 Å². The van der Waals surface area contributed by atoms with Crippen molar-refractivity contribution in [2.24, 2.45) is 5.41 Å². The normalized spacial score (nSPS) is 22.9. The lowest BCUT2D eigenvalue weighted by molar-refractivity contribution is 0.330. The molecule has 21 heavy (non-hydrogen) atoms. The minimum Gasteiger partial charge on any atom is -0.366 e. The molecule has 0 radical (unpaired) electrons. The second-order valence-electron chi connectivity index (χ2n) is 6.51. The van der Waals surface area contributed by atoms with Crippen LogP contribution in [0.15, 0.2) is 30.3 Å². The first-order valence-corrected chi connectivity index (χ1v) is 7.87. The van der Waals surface area contributed by atoms with Gasteiger partial charge in [-0.1, -0.05) is 37.5 Å². The Morgan fingerprint density at radius 1 is 1.19 bits per heavy atom. The second kappa shape index (κ2) is 4.73. The molecule has 1 heterocycles. The molecular formula is C18H19N3.